The van der Waals surface area contributed by atoms with Crippen LogP contribution in [-0.4, -0.2) is 54.6 Å². The van der Waals surface area contributed by atoms with Crippen molar-refractivity contribution in [2.24, 2.45) is 0 Å². The first-order chi connectivity index (χ1) is 12.6. The normalized spacial score (nSPS) is 10.8. The number of amides is 1. The molecule has 2 aromatic heterocycles. The third kappa shape index (κ3) is 5.27. The van der Waals surface area contributed by atoms with Gasteiger partial charge in [-0.05, 0) is 26.0 Å². The minimum atomic E-state index is -0.160. The van der Waals surface area contributed by atoms with E-state index in [0.717, 1.165) is 23.5 Å². The molecule has 26 heavy (non-hydrogen) atoms. The Bertz CT molecular complexity index is 712. The lowest BCUT2D eigenvalue weighted by Gasteiger charge is -2.08. The van der Waals surface area contributed by atoms with Crippen LogP contribution in [0.2, 0.25) is 0 Å². The lowest BCUT2D eigenvalue weighted by Crippen LogP contribution is -2.27. The second-order valence-electron chi connectivity index (χ2n) is 5.90. The van der Waals surface area contributed by atoms with Crippen molar-refractivity contribution in [1.29, 1.82) is 0 Å². The Kier molecular flexibility index (Phi) is 7.55. The average Bonchev–Trinajstić information content (AvgIpc) is 2.92. The number of hydrogen-bond acceptors (Lipinski definition) is 6. The number of nitrogens with zero attached hydrogens (tertiary/aromatic N) is 3. The van der Waals surface area contributed by atoms with Gasteiger partial charge in [-0.1, -0.05) is 0 Å². The van der Waals surface area contributed by atoms with E-state index in [1.165, 1.54) is 0 Å². The van der Waals surface area contributed by atoms with E-state index in [0.29, 0.717) is 37.7 Å². The maximum atomic E-state index is 11.9. The van der Waals surface area contributed by atoms with E-state index < -0.39 is 0 Å². The van der Waals surface area contributed by atoms with E-state index in [9.17, 15) is 4.79 Å². The molecule has 142 valence electrons. The summed E-state index contributed by atoms with van der Waals surface area (Å²) in [5.74, 6) is 0.550. The van der Waals surface area contributed by atoms with E-state index in [1.54, 1.807) is 32.5 Å². The third-order valence-electron chi connectivity index (χ3n) is 4.10. The Morgan fingerprint density at radius 3 is 2.62 bits per heavy atom. The first-order valence-corrected chi connectivity index (χ1v) is 8.55. The molecule has 0 spiro atoms. The summed E-state index contributed by atoms with van der Waals surface area (Å²) < 4.78 is 12.0. The second kappa shape index (κ2) is 9.88. The second-order valence-corrected chi connectivity index (χ2v) is 5.90. The van der Waals surface area contributed by atoms with Gasteiger partial charge < -0.3 is 20.1 Å². The fraction of sp³-hybridized carbons (Fsp3) is 0.500. The molecule has 0 aliphatic carbocycles. The zero-order chi connectivity index (χ0) is 18.9. The van der Waals surface area contributed by atoms with Crippen molar-refractivity contribution in [3.05, 3.63) is 40.8 Å². The molecule has 0 aliphatic rings. The van der Waals surface area contributed by atoms with Gasteiger partial charge in [-0.3, -0.25) is 9.48 Å². The van der Waals surface area contributed by atoms with Crippen LogP contribution in [-0.2, 0) is 22.6 Å². The van der Waals surface area contributed by atoms with Gasteiger partial charge >= 0.3 is 0 Å². The fourth-order valence-electron chi connectivity index (χ4n) is 2.57. The highest BCUT2D eigenvalue weighted by Crippen LogP contribution is 2.15. The van der Waals surface area contributed by atoms with E-state index in [4.69, 9.17) is 9.47 Å². The molecule has 0 aliphatic heterocycles. The summed E-state index contributed by atoms with van der Waals surface area (Å²) in [5, 5.41) is 10.6. The van der Waals surface area contributed by atoms with Gasteiger partial charge in [0.15, 0.2) is 0 Å². The minimum Gasteiger partial charge on any atom is -0.383 e. The molecule has 0 fully saturated rings. The van der Waals surface area contributed by atoms with Crippen molar-refractivity contribution >= 4 is 11.7 Å². The number of aryl methyl sites for hydroxylation is 1. The number of nitrogens with one attached hydrogen (secondary N) is 2. The van der Waals surface area contributed by atoms with Crippen molar-refractivity contribution in [2.75, 3.05) is 39.3 Å². The smallest absolute Gasteiger partial charge is 0.252 e. The van der Waals surface area contributed by atoms with Gasteiger partial charge in [0.2, 0.25) is 0 Å². The molecule has 0 atom stereocenters. The molecular formula is C18H27N5O3. The maximum Gasteiger partial charge on any atom is 0.252 e. The van der Waals surface area contributed by atoms with E-state index in [2.05, 4.69) is 20.7 Å². The van der Waals surface area contributed by atoms with Crippen LogP contribution in [0.1, 0.15) is 27.3 Å². The summed E-state index contributed by atoms with van der Waals surface area (Å²) in [6.07, 6.45) is 1.56. The first kappa shape index (κ1) is 19.9. The van der Waals surface area contributed by atoms with Gasteiger partial charge in [-0.2, -0.15) is 5.10 Å². The van der Waals surface area contributed by atoms with Crippen LogP contribution in [0.5, 0.6) is 0 Å². The van der Waals surface area contributed by atoms with Gasteiger partial charge in [-0.15, -0.1) is 0 Å². The molecule has 2 N–H and O–H groups in total. The first-order valence-electron chi connectivity index (χ1n) is 8.55. The maximum absolute atomic E-state index is 11.9. The predicted octanol–water partition coefficient (Wildman–Crippen LogP) is 1.53. The van der Waals surface area contributed by atoms with E-state index in [1.807, 2.05) is 18.5 Å². The largest absolute Gasteiger partial charge is 0.383 e. The number of hydrogen-bond donors (Lipinski definition) is 2. The number of rotatable bonds is 10. The molecule has 2 rings (SSSR count). The monoisotopic (exact) mass is 361 g/mol. The molecule has 0 aromatic carbocycles. The van der Waals surface area contributed by atoms with Crippen LogP contribution in [0.15, 0.2) is 18.3 Å². The van der Waals surface area contributed by atoms with Gasteiger partial charge in [0, 0.05) is 44.8 Å². The van der Waals surface area contributed by atoms with E-state index >= 15 is 0 Å². The van der Waals surface area contributed by atoms with E-state index in [-0.39, 0.29) is 5.91 Å². The van der Waals surface area contributed by atoms with Crippen molar-refractivity contribution in [2.45, 2.75) is 26.9 Å². The van der Waals surface area contributed by atoms with Crippen LogP contribution in [0.4, 0.5) is 5.82 Å². The summed E-state index contributed by atoms with van der Waals surface area (Å²) in [6.45, 7) is 6.98. The lowest BCUT2D eigenvalue weighted by molar-refractivity contribution is 0.0937. The average molecular weight is 361 g/mol. The lowest BCUT2D eigenvalue weighted by atomic mass is 10.2. The SMILES string of the molecule is COCCNC(=O)c1ccc(NCc2c(C)nn(CCOC)c2C)nc1. The zero-order valence-corrected chi connectivity index (χ0v) is 15.8. The molecule has 2 heterocycles. The molecular weight excluding hydrogens is 334 g/mol. The highest BCUT2D eigenvalue weighted by atomic mass is 16.5. The molecule has 0 saturated carbocycles. The number of methoxy groups -OCH3 is 2. The number of aromatic nitrogens is 3. The highest BCUT2D eigenvalue weighted by Gasteiger charge is 2.11. The number of carbonyl (C=O) groups is 1. The van der Waals surface area contributed by atoms with Crippen LogP contribution in [0.25, 0.3) is 0 Å². The summed E-state index contributed by atoms with van der Waals surface area (Å²) >= 11 is 0. The molecule has 1 amide bonds. The Balaban J connectivity index is 1.94. The van der Waals surface area contributed by atoms with Gasteiger partial charge in [0.25, 0.3) is 5.91 Å². The Morgan fingerprint density at radius 2 is 1.96 bits per heavy atom. The standard InChI is InChI=1S/C18H27N5O3/c1-13-16(14(2)23(22-13)8-10-26-4)12-21-17-6-5-15(11-20-17)18(24)19-7-9-25-3/h5-6,11H,7-10,12H2,1-4H3,(H,19,24)(H,20,21). The molecule has 8 heteroatoms. The number of carbonyl (C=O) groups excluding carboxylic acids is 1. The predicted molar refractivity (Wildman–Crippen MR) is 99.3 cm³/mol. The topological polar surface area (TPSA) is 90.3 Å². The molecule has 2 aromatic rings. The Labute approximate surface area is 153 Å². The van der Waals surface area contributed by atoms with Crippen molar-refractivity contribution in [1.82, 2.24) is 20.1 Å². The summed E-state index contributed by atoms with van der Waals surface area (Å²) in [5.41, 5.74) is 3.76. The Morgan fingerprint density at radius 1 is 1.19 bits per heavy atom. The highest BCUT2D eigenvalue weighted by molar-refractivity contribution is 5.94. The molecule has 0 unspecified atom stereocenters. The summed E-state index contributed by atoms with van der Waals surface area (Å²) in [4.78, 5) is 16.2. The van der Waals surface area contributed by atoms with Gasteiger partial charge in [0.05, 0.1) is 31.0 Å². The van der Waals surface area contributed by atoms with Crippen LogP contribution < -0.4 is 10.6 Å². The van der Waals surface area contributed by atoms with Crippen molar-refractivity contribution in [3.8, 4) is 0 Å². The van der Waals surface area contributed by atoms with Gasteiger partial charge in [-0.25, -0.2) is 4.98 Å². The summed E-state index contributed by atoms with van der Waals surface area (Å²) in [6, 6.07) is 3.55. The molecule has 0 saturated heterocycles. The van der Waals surface area contributed by atoms with Crippen molar-refractivity contribution in [3.63, 3.8) is 0 Å². The van der Waals surface area contributed by atoms with Crippen LogP contribution >= 0.6 is 0 Å². The quantitative estimate of drug-likeness (QED) is 0.624. The minimum absolute atomic E-state index is 0.160. The van der Waals surface area contributed by atoms with Gasteiger partial charge in [0.1, 0.15) is 5.82 Å². The third-order valence-corrected chi connectivity index (χ3v) is 4.10. The Hall–Kier alpha value is -2.45. The molecule has 8 nitrogen and oxygen atoms in total. The summed E-state index contributed by atoms with van der Waals surface area (Å²) in [7, 11) is 3.28. The molecule has 0 radical (unpaired) electrons. The van der Waals surface area contributed by atoms with Crippen LogP contribution in [0.3, 0.4) is 0 Å². The zero-order valence-electron chi connectivity index (χ0n) is 15.8. The number of anilines is 1. The number of ether oxygens (including phenoxy) is 2. The van der Waals surface area contributed by atoms with Crippen LogP contribution in [0, 0.1) is 13.8 Å². The fourth-order valence-corrected chi connectivity index (χ4v) is 2.57. The number of pyridine rings is 1. The molecule has 0 bridgehead atoms. The van der Waals surface area contributed by atoms with Crippen molar-refractivity contribution < 1.29 is 14.3 Å².